The molecule has 0 bridgehead atoms. The fourth-order valence-electron chi connectivity index (χ4n) is 1.98. The summed E-state index contributed by atoms with van der Waals surface area (Å²) in [6.07, 6.45) is 1.83. The van der Waals surface area contributed by atoms with E-state index in [9.17, 15) is 0 Å². The number of nitrogens with zero attached hydrogens (tertiary/aromatic N) is 2. The van der Waals surface area contributed by atoms with Gasteiger partial charge < -0.3 is 20.1 Å². The highest BCUT2D eigenvalue weighted by Crippen LogP contribution is 2.29. The smallest absolute Gasteiger partial charge is 0.171 e. The van der Waals surface area contributed by atoms with Crippen LogP contribution in [0.4, 0.5) is 5.69 Å². The molecule has 118 valence electrons. The Hall–Kier alpha value is -2.28. The Kier molecular flexibility index (Phi) is 5.21. The normalized spacial score (nSPS) is 10.2. The highest BCUT2D eigenvalue weighted by atomic mass is 32.1. The van der Waals surface area contributed by atoms with Crippen molar-refractivity contribution in [1.82, 2.24) is 15.1 Å². The van der Waals surface area contributed by atoms with Crippen LogP contribution in [0.2, 0.25) is 0 Å². The Balaban J connectivity index is 1.96. The maximum atomic E-state index is 5.30. The number of aromatic nitrogens is 2. The Bertz CT molecular complexity index is 670. The van der Waals surface area contributed by atoms with Crippen LogP contribution in [-0.4, -0.2) is 29.1 Å². The largest absolute Gasteiger partial charge is 0.493 e. The molecule has 1 heterocycles. The molecule has 2 N–H and O–H groups in total. The molecule has 0 unspecified atom stereocenters. The lowest BCUT2D eigenvalue weighted by atomic mass is 10.2. The molecule has 2 aromatic rings. The second-order valence-corrected chi connectivity index (χ2v) is 5.16. The minimum Gasteiger partial charge on any atom is -0.493 e. The van der Waals surface area contributed by atoms with Crippen LogP contribution in [0.3, 0.4) is 0 Å². The van der Waals surface area contributed by atoms with Gasteiger partial charge in [-0.25, -0.2) is 0 Å². The third kappa shape index (κ3) is 3.67. The van der Waals surface area contributed by atoms with Gasteiger partial charge in [0, 0.05) is 36.6 Å². The summed E-state index contributed by atoms with van der Waals surface area (Å²) in [4.78, 5) is 0. The zero-order valence-corrected chi connectivity index (χ0v) is 14.0. The Morgan fingerprint density at radius 2 is 2.00 bits per heavy atom. The molecule has 0 fully saturated rings. The fraction of sp³-hybridized carbons (Fsp3) is 0.333. The molecule has 22 heavy (non-hydrogen) atoms. The van der Waals surface area contributed by atoms with Gasteiger partial charge in [0.2, 0.25) is 0 Å². The first kappa shape index (κ1) is 16.1. The van der Waals surface area contributed by atoms with E-state index in [0.717, 1.165) is 16.9 Å². The molecule has 0 radical (unpaired) electrons. The van der Waals surface area contributed by atoms with E-state index in [1.165, 1.54) is 0 Å². The summed E-state index contributed by atoms with van der Waals surface area (Å²) < 4.78 is 12.3. The van der Waals surface area contributed by atoms with E-state index in [4.69, 9.17) is 21.7 Å². The topological polar surface area (TPSA) is 60.3 Å². The fourth-order valence-corrected chi connectivity index (χ4v) is 2.17. The van der Waals surface area contributed by atoms with Crippen LogP contribution < -0.4 is 20.1 Å². The number of benzene rings is 1. The molecule has 2 rings (SSSR count). The van der Waals surface area contributed by atoms with Gasteiger partial charge in [-0.1, -0.05) is 0 Å². The van der Waals surface area contributed by atoms with Crippen LogP contribution in [-0.2, 0) is 13.6 Å². The third-order valence-electron chi connectivity index (χ3n) is 3.42. The Labute approximate surface area is 135 Å². The highest BCUT2D eigenvalue weighted by molar-refractivity contribution is 7.80. The maximum absolute atomic E-state index is 5.30. The van der Waals surface area contributed by atoms with Crippen LogP contribution in [0.15, 0.2) is 24.4 Å². The highest BCUT2D eigenvalue weighted by Gasteiger charge is 2.07. The van der Waals surface area contributed by atoms with E-state index in [1.807, 2.05) is 43.0 Å². The van der Waals surface area contributed by atoms with Crippen molar-refractivity contribution in [1.29, 1.82) is 0 Å². The molecule has 0 atom stereocenters. The monoisotopic (exact) mass is 320 g/mol. The standard InChI is InChI=1S/C15H20N4O2S/c1-10-11(9-17-19(10)2)8-16-15(22)18-12-5-6-13(20-3)14(7-12)21-4/h5-7,9H,8H2,1-4H3,(H2,16,18,22). The molecular weight excluding hydrogens is 300 g/mol. The minimum atomic E-state index is 0.537. The quantitative estimate of drug-likeness (QED) is 0.824. The first-order valence-corrected chi connectivity index (χ1v) is 7.20. The van der Waals surface area contributed by atoms with Crippen LogP contribution in [0.25, 0.3) is 0 Å². The number of thiocarbonyl (C=S) groups is 1. The van der Waals surface area contributed by atoms with Crippen molar-refractivity contribution < 1.29 is 9.47 Å². The van der Waals surface area contributed by atoms with E-state index < -0.39 is 0 Å². The van der Waals surface area contributed by atoms with Crippen molar-refractivity contribution in [3.05, 3.63) is 35.7 Å². The first-order chi connectivity index (χ1) is 10.5. The zero-order valence-electron chi connectivity index (χ0n) is 13.1. The lowest BCUT2D eigenvalue weighted by molar-refractivity contribution is 0.355. The second kappa shape index (κ2) is 7.13. The average molecular weight is 320 g/mol. The van der Waals surface area contributed by atoms with Crippen molar-refractivity contribution in [2.45, 2.75) is 13.5 Å². The molecule has 1 aromatic heterocycles. The number of aryl methyl sites for hydroxylation is 1. The number of rotatable bonds is 5. The van der Waals surface area contributed by atoms with Gasteiger partial charge >= 0.3 is 0 Å². The number of anilines is 1. The van der Waals surface area contributed by atoms with Gasteiger partial charge in [-0.15, -0.1) is 0 Å². The van der Waals surface area contributed by atoms with E-state index in [-0.39, 0.29) is 0 Å². The van der Waals surface area contributed by atoms with Gasteiger partial charge in [0.05, 0.1) is 20.4 Å². The van der Waals surface area contributed by atoms with Crippen molar-refractivity contribution in [2.75, 3.05) is 19.5 Å². The second-order valence-electron chi connectivity index (χ2n) is 4.76. The summed E-state index contributed by atoms with van der Waals surface area (Å²) in [5.41, 5.74) is 3.05. The minimum absolute atomic E-state index is 0.537. The van der Waals surface area contributed by atoms with Gasteiger partial charge in [0.1, 0.15) is 0 Å². The number of hydrogen-bond donors (Lipinski definition) is 2. The molecule has 6 nitrogen and oxygen atoms in total. The van der Waals surface area contributed by atoms with Crippen LogP contribution in [0.1, 0.15) is 11.3 Å². The van der Waals surface area contributed by atoms with Crippen molar-refractivity contribution in [2.24, 2.45) is 7.05 Å². The number of hydrogen-bond acceptors (Lipinski definition) is 4. The van der Waals surface area contributed by atoms with Gasteiger partial charge in [0.25, 0.3) is 0 Å². The third-order valence-corrected chi connectivity index (χ3v) is 3.66. The SMILES string of the molecule is COc1ccc(NC(=S)NCc2cnn(C)c2C)cc1OC. The molecule has 0 saturated carbocycles. The van der Waals surface area contributed by atoms with Crippen LogP contribution in [0, 0.1) is 6.92 Å². The zero-order chi connectivity index (χ0) is 16.1. The van der Waals surface area contributed by atoms with E-state index in [0.29, 0.717) is 23.2 Å². The molecule has 0 spiro atoms. The van der Waals surface area contributed by atoms with E-state index in [2.05, 4.69) is 15.7 Å². The van der Waals surface area contributed by atoms with Crippen molar-refractivity contribution in [3.8, 4) is 11.5 Å². The summed E-state index contributed by atoms with van der Waals surface area (Å²) >= 11 is 5.30. The summed E-state index contributed by atoms with van der Waals surface area (Å²) in [5.74, 6) is 1.33. The molecule has 1 aromatic carbocycles. The number of nitrogens with one attached hydrogen (secondary N) is 2. The lowest BCUT2D eigenvalue weighted by Gasteiger charge is -2.13. The van der Waals surface area contributed by atoms with Crippen LogP contribution >= 0.6 is 12.2 Å². The Morgan fingerprint density at radius 3 is 2.59 bits per heavy atom. The molecule has 7 heteroatoms. The predicted octanol–water partition coefficient (Wildman–Crippen LogP) is 2.23. The van der Waals surface area contributed by atoms with E-state index >= 15 is 0 Å². The number of ether oxygens (including phenoxy) is 2. The van der Waals surface area contributed by atoms with Gasteiger partial charge in [-0.3, -0.25) is 4.68 Å². The molecule has 0 aliphatic heterocycles. The summed E-state index contributed by atoms with van der Waals surface area (Å²) in [5, 5.41) is 11.0. The summed E-state index contributed by atoms with van der Waals surface area (Å²) in [6.45, 7) is 2.65. The van der Waals surface area contributed by atoms with Gasteiger partial charge in [-0.05, 0) is 31.3 Å². The van der Waals surface area contributed by atoms with Crippen molar-refractivity contribution in [3.63, 3.8) is 0 Å². The van der Waals surface area contributed by atoms with Gasteiger partial charge in [0.15, 0.2) is 16.6 Å². The average Bonchev–Trinajstić information content (AvgIpc) is 2.84. The molecule has 0 aliphatic carbocycles. The molecule has 0 saturated heterocycles. The number of methoxy groups -OCH3 is 2. The van der Waals surface area contributed by atoms with Crippen molar-refractivity contribution >= 4 is 23.0 Å². The van der Waals surface area contributed by atoms with Gasteiger partial charge in [-0.2, -0.15) is 5.10 Å². The lowest BCUT2D eigenvalue weighted by Crippen LogP contribution is -2.28. The summed E-state index contributed by atoms with van der Waals surface area (Å²) in [7, 11) is 5.12. The molecule has 0 aliphatic rings. The maximum Gasteiger partial charge on any atom is 0.171 e. The molecule has 0 amide bonds. The van der Waals surface area contributed by atoms with E-state index in [1.54, 1.807) is 14.2 Å². The Morgan fingerprint density at radius 1 is 1.27 bits per heavy atom. The predicted molar refractivity (Wildman–Crippen MR) is 90.6 cm³/mol. The molecular formula is C15H20N4O2S. The first-order valence-electron chi connectivity index (χ1n) is 6.79. The summed E-state index contributed by atoms with van der Waals surface area (Å²) in [6, 6.07) is 5.54. The van der Waals surface area contributed by atoms with Crippen LogP contribution in [0.5, 0.6) is 11.5 Å².